The summed E-state index contributed by atoms with van der Waals surface area (Å²) >= 11 is 0. The minimum atomic E-state index is -0.781. The molecule has 0 fully saturated rings. The summed E-state index contributed by atoms with van der Waals surface area (Å²) in [7, 11) is 0. The van der Waals surface area contributed by atoms with Crippen LogP contribution in [0.25, 0.3) is 0 Å². The second-order valence-electron chi connectivity index (χ2n) is 20.6. The van der Waals surface area contributed by atoms with Crippen LogP contribution < -0.4 is 0 Å². The molecule has 0 N–H and O–H groups in total. The van der Waals surface area contributed by atoms with Crippen LogP contribution in [-0.2, 0) is 28.6 Å². The molecule has 6 nitrogen and oxygen atoms in total. The van der Waals surface area contributed by atoms with Crippen molar-refractivity contribution in [2.24, 2.45) is 0 Å². The molecule has 416 valence electrons. The number of unbranched alkanes of at least 4 members (excludes halogenated alkanes) is 33. The minimum Gasteiger partial charge on any atom is -0.462 e. The third-order valence-electron chi connectivity index (χ3n) is 13.4. The van der Waals surface area contributed by atoms with Crippen molar-refractivity contribution in [3.05, 3.63) is 72.9 Å². The number of esters is 3. The van der Waals surface area contributed by atoms with Gasteiger partial charge in [-0.25, -0.2) is 0 Å². The van der Waals surface area contributed by atoms with E-state index in [0.29, 0.717) is 19.3 Å². The van der Waals surface area contributed by atoms with Crippen LogP contribution in [0.1, 0.15) is 310 Å². The van der Waals surface area contributed by atoms with Crippen molar-refractivity contribution in [1.29, 1.82) is 0 Å². The van der Waals surface area contributed by atoms with Gasteiger partial charge in [-0.15, -0.1) is 0 Å². The van der Waals surface area contributed by atoms with Crippen LogP contribution in [0.3, 0.4) is 0 Å². The van der Waals surface area contributed by atoms with Crippen molar-refractivity contribution in [1.82, 2.24) is 0 Å². The number of ether oxygens (including phenoxy) is 3. The highest BCUT2D eigenvalue weighted by atomic mass is 16.6. The Labute approximate surface area is 446 Å². The molecule has 0 radical (unpaired) electrons. The van der Waals surface area contributed by atoms with Crippen LogP contribution in [-0.4, -0.2) is 37.2 Å². The standard InChI is InChI=1S/C66H116O6/c1-4-7-10-13-16-19-22-25-26-27-28-29-30-31-32-33-34-35-36-37-38-39-40-42-44-47-50-53-56-59-65(68)71-62-63(61-70-64(67)58-55-52-49-46-43-24-21-18-15-12-9-6-3)72-66(69)60-57-54-51-48-45-41-23-20-17-14-11-8-5-2/h7,10,16,18-21,23,25-26,28-29,63H,4-6,8-9,11-15,17,22,24,27,30-62H2,1-3H3/b10-7-,19-16-,21-18-,23-20-,26-25-,29-28-. The maximum atomic E-state index is 12.8. The summed E-state index contributed by atoms with van der Waals surface area (Å²) in [4.78, 5) is 38.1. The summed E-state index contributed by atoms with van der Waals surface area (Å²) in [6.07, 6.45) is 77.7. The quantitative estimate of drug-likeness (QED) is 0.0261. The van der Waals surface area contributed by atoms with Gasteiger partial charge in [0.25, 0.3) is 0 Å². The molecule has 6 heteroatoms. The molecule has 0 aliphatic carbocycles. The number of rotatable bonds is 56. The van der Waals surface area contributed by atoms with E-state index in [2.05, 4.69) is 93.7 Å². The normalized spacial score (nSPS) is 12.5. The molecule has 0 aromatic rings. The van der Waals surface area contributed by atoms with E-state index in [0.717, 1.165) is 103 Å². The fourth-order valence-corrected chi connectivity index (χ4v) is 8.78. The molecule has 0 aliphatic rings. The Kier molecular flexibility index (Phi) is 57.8. The van der Waals surface area contributed by atoms with Crippen molar-refractivity contribution in [2.45, 2.75) is 316 Å². The first kappa shape index (κ1) is 68.8. The molecule has 0 amide bonds. The van der Waals surface area contributed by atoms with E-state index in [1.165, 1.54) is 167 Å². The fourth-order valence-electron chi connectivity index (χ4n) is 8.78. The molecule has 0 aromatic carbocycles. The van der Waals surface area contributed by atoms with Crippen LogP contribution in [0, 0.1) is 0 Å². The van der Waals surface area contributed by atoms with E-state index in [4.69, 9.17) is 14.2 Å². The summed E-state index contributed by atoms with van der Waals surface area (Å²) in [5.74, 6) is -0.886. The molecule has 72 heavy (non-hydrogen) atoms. The molecule has 0 heterocycles. The lowest BCUT2D eigenvalue weighted by Gasteiger charge is -2.18. The van der Waals surface area contributed by atoms with Crippen LogP contribution >= 0.6 is 0 Å². The summed E-state index contributed by atoms with van der Waals surface area (Å²) in [5.41, 5.74) is 0. The summed E-state index contributed by atoms with van der Waals surface area (Å²) in [6.45, 7) is 6.50. The van der Waals surface area contributed by atoms with E-state index in [1.807, 2.05) is 0 Å². The van der Waals surface area contributed by atoms with Crippen LogP contribution in [0.2, 0.25) is 0 Å². The van der Waals surface area contributed by atoms with Gasteiger partial charge in [-0.1, -0.05) is 254 Å². The molecule has 0 bridgehead atoms. The largest absolute Gasteiger partial charge is 0.462 e. The van der Waals surface area contributed by atoms with Crippen molar-refractivity contribution in [3.63, 3.8) is 0 Å². The van der Waals surface area contributed by atoms with Gasteiger partial charge < -0.3 is 14.2 Å². The van der Waals surface area contributed by atoms with Crippen LogP contribution in [0.4, 0.5) is 0 Å². The highest BCUT2D eigenvalue weighted by Crippen LogP contribution is 2.16. The molecule has 0 rings (SSSR count). The van der Waals surface area contributed by atoms with Gasteiger partial charge in [0.15, 0.2) is 6.10 Å². The smallest absolute Gasteiger partial charge is 0.306 e. The van der Waals surface area contributed by atoms with E-state index in [9.17, 15) is 14.4 Å². The Morgan fingerprint density at radius 2 is 0.542 bits per heavy atom. The zero-order valence-electron chi connectivity index (χ0n) is 47.7. The first-order valence-corrected chi connectivity index (χ1v) is 30.9. The first-order valence-electron chi connectivity index (χ1n) is 30.9. The maximum absolute atomic E-state index is 12.8. The Morgan fingerprint density at radius 1 is 0.292 bits per heavy atom. The van der Waals surface area contributed by atoms with Crippen LogP contribution in [0.5, 0.6) is 0 Å². The van der Waals surface area contributed by atoms with Gasteiger partial charge in [-0.05, 0) is 109 Å². The van der Waals surface area contributed by atoms with Gasteiger partial charge in [0.2, 0.25) is 0 Å². The summed E-state index contributed by atoms with van der Waals surface area (Å²) in [5, 5.41) is 0. The average molecular weight is 1010 g/mol. The maximum Gasteiger partial charge on any atom is 0.306 e. The van der Waals surface area contributed by atoms with Crippen molar-refractivity contribution >= 4 is 17.9 Å². The second kappa shape index (κ2) is 60.4. The third kappa shape index (κ3) is 57.7. The van der Waals surface area contributed by atoms with Gasteiger partial charge in [-0.2, -0.15) is 0 Å². The summed E-state index contributed by atoms with van der Waals surface area (Å²) < 4.78 is 16.9. The highest BCUT2D eigenvalue weighted by Gasteiger charge is 2.19. The van der Waals surface area contributed by atoms with Gasteiger partial charge in [0, 0.05) is 19.3 Å². The number of carbonyl (C=O) groups excluding carboxylic acids is 3. The SMILES string of the molecule is CC/C=C\C/C=C\C/C=C\C/C=C\CCCCCCCCCCCCCCCCCCC(=O)OCC(COC(=O)CCCCCCC/C=C\CCCCC)OC(=O)CCCCCCC/C=C\CCCCCC. The minimum absolute atomic E-state index is 0.0786. The number of allylic oxidation sites excluding steroid dienone is 12. The van der Waals surface area contributed by atoms with E-state index in [1.54, 1.807) is 0 Å². The number of hydrogen-bond acceptors (Lipinski definition) is 6. The topological polar surface area (TPSA) is 78.9 Å². The molecule has 0 saturated carbocycles. The number of carbonyl (C=O) groups is 3. The zero-order chi connectivity index (χ0) is 52.2. The van der Waals surface area contributed by atoms with Crippen molar-refractivity contribution in [2.75, 3.05) is 13.2 Å². The predicted molar refractivity (Wildman–Crippen MR) is 311 cm³/mol. The highest BCUT2D eigenvalue weighted by molar-refractivity contribution is 5.71. The van der Waals surface area contributed by atoms with E-state index >= 15 is 0 Å². The van der Waals surface area contributed by atoms with Gasteiger partial charge >= 0.3 is 17.9 Å². The molecular formula is C66H116O6. The Bertz CT molecular complexity index is 1340. The zero-order valence-corrected chi connectivity index (χ0v) is 47.7. The van der Waals surface area contributed by atoms with Gasteiger partial charge in [-0.3, -0.25) is 14.4 Å². The molecule has 0 saturated heterocycles. The lowest BCUT2D eigenvalue weighted by atomic mass is 10.0. The molecule has 1 atom stereocenters. The monoisotopic (exact) mass is 1000 g/mol. The summed E-state index contributed by atoms with van der Waals surface area (Å²) in [6, 6.07) is 0. The molecular weight excluding hydrogens is 889 g/mol. The molecule has 0 aromatic heterocycles. The Balaban J connectivity index is 4.16. The van der Waals surface area contributed by atoms with Crippen molar-refractivity contribution < 1.29 is 28.6 Å². The fraction of sp³-hybridized carbons (Fsp3) is 0.773. The Hall–Kier alpha value is -3.15. The Morgan fingerprint density at radius 3 is 0.889 bits per heavy atom. The first-order chi connectivity index (χ1) is 35.5. The molecule has 0 aliphatic heterocycles. The van der Waals surface area contributed by atoms with Crippen molar-refractivity contribution in [3.8, 4) is 0 Å². The van der Waals surface area contributed by atoms with Crippen LogP contribution in [0.15, 0.2) is 72.9 Å². The average Bonchev–Trinajstić information content (AvgIpc) is 3.38. The lowest BCUT2D eigenvalue weighted by Crippen LogP contribution is -2.30. The molecule has 1 unspecified atom stereocenters. The number of hydrogen-bond donors (Lipinski definition) is 0. The molecule has 0 spiro atoms. The predicted octanol–water partition coefficient (Wildman–Crippen LogP) is 20.9. The van der Waals surface area contributed by atoms with E-state index < -0.39 is 6.10 Å². The van der Waals surface area contributed by atoms with E-state index in [-0.39, 0.29) is 31.1 Å². The lowest BCUT2D eigenvalue weighted by molar-refractivity contribution is -0.167. The van der Waals surface area contributed by atoms with Gasteiger partial charge in [0.05, 0.1) is 0 Å². The second-order valence-corrected chi connectivity index (χ2v) is 20.6. The van der Waals surface area contributed by atoms with Gasteiger partial charge in [0.1, 0.15) is 13.2 Å². The third-order valence-corrected chi connectivity index (χ3v) is 13.4.